The maximum absolute atomic E-state index is 13.9. The highest BCUT2D eigenvalue weighted by atomic mass is 19.1. The Bertz CT molecular complexity index is 421. The van der Waals surface area contributed by atoms with Crippen molar-refractivity contribution in [2.24, 2.45) is 0 Å². The number of rotatable bonds is 4. The molecule has 0 saturated heterocycles. The van der Waals surface area contributed by atoms with E-state index in [4.69, 9.17) is 4.74 Å². The fourth-order valence-corrected chi connectivity index (χ4v) is 1.43. The Morgan fingerprint density at radius 1 is 1.50 bits per heavy atom. The van der Waals surface area contributed by atoms with Crippen LogP contribution in [-0.4, -0.2) is 25.8 Å². The van der Waals surface area contributed by atoms with E-state index >= 15 is 0 Å². The van der Waals surface area contributed by atoms with Gasteiger partial charge in [0.25, 0.3) is 0 Å². The molecule has 0 heterocycles. The van der Waals surface area contributed by atoms with Crippen LogP contribution in [0.25, 0.3) is 0 Å². The highest BCUT2D eigenvalue weighted by Crippen LogP contribution is 2.23. The second-order valence-electron chi connectivity index (χ2n) is 4.22. The lowest BCUT2D eigenvalue weighted by molar-refractivity contribution is 0.168. The predicted molar refractivity (Wildman–Crippen MR) is 70.6 cm³/mol. The topological polar surface area (TPSA) is 41.6 Å². The molecule has 1 amide bonds. The average Bonchev–Trinajstić information content (AvgIpc) is 2.28. The van der Waals surface area contributed by atoms with E-state index in [9.17, 15) is 9.18 Å². The zero-order valence-corrected chi connectivity index (χ0v) is 11.2. The van der Waals surface area contributed by atoms with Crippen LogP contribution >= 0.6 is 0 Å². The number of carbonyl (C=O) groups excluding carboxylic acids is 1. The molecule has 1 rings (SSSR count). The zero-order chi connectivity index (χ0) is 13.7. The van der Waals surface area contributed by atoms with Crippen molar-refractivity contribution in [3.63, 3.8) is 0 Å². The van der Waals surface area contributed by atoms with Crippen LogP contribution in [0.15, 0.2) is 18.2 Å². The summed E-state index contributed by atoms with van der Waals surface area (Å²) in [5.74, 6) is -0.375. The van der Waals surface area contributed by atoms with Crippen LogP contribution in [0.4, 0.5) is 20.6 Å². The Balaban J connectivity index is 2.82. The molecule has 0 saturated carbocycles. The van der Waals surface area contributed by atoms with Gasteiger partial charge in [-0.2, -0.15) is 0 Å². The van der Waals surface area contributed by atoms with Crippen molar-refractivity contribution >= 4 is 17.5 Å². The smallest absolute Gasteiger partial charge is 0.411 e. The molecule has 0 aliphatic heterocycles. The van der Waals surface area contributed by atoms with Crippen LogP contribution in [0.5, 0.6) is 0 Å². The van der Waals surface area contributed by atoms with Crippen molar-refractivity contribution < 1.29 is 13.9 Å². The number of amides is 1. The molecule has 4 nitrogen and oxygen atoms in total. The summed E-state index contributed by atoms with van der Waals surface area (Å²) in [5, 5.41) is 2.46. The van der Waals surface area contributed by atoms with Gasteiger partial charge in [-0.1, -0.05) is 0 Å². The zero-order valence-electron chi connectivity index (χ0n) is 11.2. The first kappa shape index (κ1) is 14.3. The number of carbonyl (C=O) groups is 1. The van der Waals surface area contributed by atoms with Gasteiger partial charge in [0.15, 0.2) is 0 Å². The monoisotopic (exact) mass is 254 g/mol. The fourth-order valence-electron chi connectivity index (χ4n) is 1.43. The molecule has 0 radical (unpaired) electrons. The van der Waals surface area contributed by atoms with Gasteiger partial charge in [-0.25, -0.2) is 9.18 Å². The molecular weight excluding hydrogens is 235 g/mol. The highest BCUT2D eigenvalue weighted by Gasteiger charge is 2.12. The first-order valence-electron chi connectivity index (χ1n) is 5.91. The summed E-state index contributed by atoms with van der Waals surface area (Å²) in [4.78, 5) is 13.0. The van der Waals surface area contributed by atoms with E-state index < -0.39 is 6.09 Å². The first-order valence-corrected chi connectivity index (χ1v) is 5.91. The molecule has 100 valence electrons. The molecule has 0 unspecified atom stereocenters. The molecule has 1 aromatic carbocycles. The van der Waals surface area contributed by atoms with E-state index in [-0.39, 0.29) is 18.5 Å². The van der Waals surface area contributed by atoms with Crippen LogP contribution in [-0.2, 0) is 4.74 Å². The Morgan fingerprint density at radius 2 is 2.17 bits per heavy atom. The summed E-state index contributed by atoms with van der Waals surface area (Å²) < 4.78 is 18.6. The number of anilines is 2. The molecule has 0 aliphatic carbocycles. The van der Waals surface area contributed by atoms with E-state index in [1.165, 1.54) is 6.07 Å². The lowest BCUT2D eigenvalue weighted by Gasteiger charge is -2.24. The first-order chi connectivity index (χ1) is 8.45. The van der Waals surface area contributed by atoms with E-state index in [1.54, 1.807) is 19.1 Å². The minimum atomic E-state index is -0.582. The van der Waals surface area contributed by atoms with E-state index in [0.717, 1.165) is 0 Å². The van der Waals surface area contributed by atoms with Crippen molar-refractivity contribution in [2.45, 2.75) is 26.8 Å². The molecule has 0 aliphatic rings. The number of halogens is 1. The lowest BCUT2D eigenvalue weighted by Crippen LogP contribution is -2.26. The average molecular weight is 254 g/mol. The molecule has 1 N–H and O–H groups in total. The Morgan fingerprint density at radius 3 is 2.67 bits per heavy atom. The van der Waals surface area contributed by atoms with Crippen LogP contribution in [0.2, 0.25) is 0 Å². The molecule has 0 bridgehead atoms. The molecule has 0 aromatic heterocycles. The highest BCUT2D eigenvalue weighted by molar-refractivity contribution is 5.84. The third kappa shape index (κ3) is 3.61. The number of benzene rings is 1. The molecule has 0 spiro atoms. The van der Waals surface area contributed by atoms with Crippen molar-refractivity contribution in [3.8, 4) is 0 Å². The minimum Gasteiger partial charge on any atom is -0.450 e. The maximum Gasteiger partial charge on any atom is 0.411 e. The quantitative estimate of drug-likeness (QED) is 0.896. The van der Waals surface area contributed by atoms with Crippen molar-refractivity contribution in [1.29, 1.82) is 0 Å². The number of ether oxygens (including phenoxy) is 1. The Labute approximate surface area is 107 Å². The van der Waals surface area contributed by atoms with Crippen molar-refractivity contribution in [2.75, 3.05) is 23.9 Å². The molecule has 1 aromatic rings. The van der Waals surface area contributed by atoms with Gasteiger partial charge in [0.05, 0.1) is 12.3 Å². The summed E-state index contributed by atoms with van der Waals surface area (Å²) in [6.45, 7) is 5.94. The maximum atomic E-state index is 13.9. The van der Waals surface area contributed by atoms with Gasteiger partial charge < -0.3 is 9.64 Å². The van der Waals surface area contributed by atoms with Gasteiger partial charge in [-0.3, -0.25) is 5.32 Å². The van der Waals surface area contributed by atoms with Crippen LogP contribution < -0.4 is 10.2 Å². The van der Waals surface area contributed by atoms with Crippen LogP contribution in [0.1, 0.15) is 20.8 Å². The summed E-state index contributed by atoms with van der Waals surface area (Å²) in [5.41, 5.74) is 0.881. The fraction of sp³-hybridized carbons (Fsp3) is 0.462. The largest absolute Gasteiger partial charge is 0.450 e. The molecular formula is C13H19FN2O2. The van der Waals surface area contributed by atoms with Crippen molar-refractivity contribution in [3.05, 3.63) is 24.0 Å². The second-order valence-corrected chi connectivity index (χ2v) is 4.22. The predicted octanol–water partition coefficient (Wildman–Crippen LogP) is 3.24. The summed E-state index contributed by atoms with van der Waals surface area (Å²) >= 11 is 0. The third-order valence-electron chi connectivity index (χ3n) is 2.62. The molecule has 18 heavy (non-hydrogen) atoms. The number of nitrogens with zero attached hydrogens (tertiary/aromatic N) is 1. The van der Waals surface area contributed by atoms with Gasteiger partial charge in [0.1, 0.15) is 5.82 Å². The van der Waals surface area contributed by atoms with Crippen LogP contribution in [0.3, 0.4) is 0 Å². The van der Waals surface area contributed by atoms with Gasteiger partial charge in [-0.15, -0.1) is 0 Å². The summed E-state index contributed by atoms with van der Waals surface area (Å²) in [6.07, 6.45) is -0.582. The van der Waals surface area contributed by atoms with E-state index in [2.05, 4.69) is 5.32 Å². The Kier molecular flexibility index (Phi) is 4.95. The summed E-state index contributed by atoms with van der Waals surface area (Å²) in [6, 6.07) is 4.76. The van der Waals surface area contributed by atoms with E-state index in [1.807, 2.05) is 25.8 Å². The van der Waals surface area contributed by atoms with Gasteiger partial charge in [0, 0.05) is 18.8 Å². The van der Waals surface area contributed by atoms with Gasteiger partial charge in [-0.05, 0) is 39.0 Å². The SMILES string of the molecule is CCOC(=O)Nc1ccc(N(C)C(C)C)c(F)c1. The molecule has 5 heteroatoms. The molecule has 0 fully saturated rings. The van der Waals surface area contributed by atoms with Gasteiger partial charge in [0.2, 0.25) is 0 Å². The van der Waals surface area contributed by atoms with Gasteiger partial charge >= 0.3 is 6.09 Å². The number of hydrogen-bond donors (Lipinski definition) is 1. The minimum absolute atomic E-state index is 0.198. The Hall–Kier alpha value is -1.78. The second kappa shape index (κ2) is 6.23. The number of hydrogen-bond acceptors (Lipinski definition) is 3. The van der Waals surface area contributed by atoms with Crippen LogP contribution in [0, 0.1) is 5.82 Å². The standard InChI is InChI=1S/C13H19FN2O2/c1-5-18-13(17)15-10-6-7-12(11(14)8-10)16(4)9(2)3/h6-9H,5H2,1-4H3,(H,15,17). The molecule has 0 atom stereocenters. The normalized spacial score (nSPS) is 10.3. The third-order valence-corrected chi connectivity index (χ3v) is 2.62. The van der Waals surface area contributed by atoms with Crippen molar-refractivity contribution in [1.82, 2.24) is 0 Å². The lowest BCUT2D eigenvalue weighted by atomic mass is 10.2. The van der Waals surface area contributed by atoms with E-state index in [0.29, 0.717) is 11.4 Å². The number of nitrogens with one attached hydrogen (secondary N) is 1. The summed E-state index contributed by atoms with van der Waals surface area (Å²) in [7, 11) is 1.82.